The van der Waals surface area contributed by atoms with Crippen molar-refractivity contribution in [1.29, 1.82) is 0 Å². The lowest BCUT2D eigenvalue weighted by Crippen LogP contribution is -2.54. The van der Waals surface area contributed by atoms with Crippen molar-refractivity contribution in [3.63, 3.8) is 0 Å². The summed E-state index contributed by atoms with van der Waals surface area (Å²) in [4.78, 5) is 37.6. The highest BCUT2D eigenvalue weighted by molar-refractivity contribution is 6.43. The van der Waals surface area contributed by atoms with E-state index in [0.29, 0.717) is 18.5 Å². The van der Waals surface area contributed by atoms with Crippen LogP contribution in [0.3, 0.4) is 0 Å². The summed E-state index contributed by atoms with van der Waals surface area (Å²) >= 11 is 0. The van der Waals surface area contributed by atoms with Gasteiger partial charge in [0.05, 0.1) is 12.1 Å². The van der Waals surface area contributed by atoms with Gasteiger partial charge in [-0.2, -0.15) is 0 Å². The van der Waals surface area contributed by atoms with Crippen LogP contribution < -0.4 is 10.6 Å². The second-order valence-electron chi connectivity index (χ2n) is 7.19. The molecule has 4 N–H and O–H groups in total. The molecule has 0 aliphatic heterocycles. The number of hydrogen-bond acceptors (Lipinski definition) is 7. The lowest BCUT2D eigenvalue weighted by atomic mass is 9.76. The number of hydrogen-bond donors (Lipinski definition) is 4. The predicted molar refractivity (Wildman–Crippen MR) is 118 cm³/mol. The molecule has 0 saturated carbocycles. The van der Waals surface area contributed by atoms with Gasteiger partial charge < -0.3 is 20.7 Å². The summed E-state index contributed by atoms with van der Waals surface area (Å²) in [6, 6.07) is 13.8. The minimum Gasteiger partial charge on any atom is -0.426 e. The molecule has 0 unspecified atom stereocenters. The van der Waals surface area contributed by atoms with Crippen LogP contribution in [0.2, 0.25) is 0 Å². The maximum atomic E-state index is 13.0. The molecule has 0 aliphatic rings. The number of aromatic nitrogens is 3. The normalized spacial score (nSPS) is 12.4. The summed E-state index contributed by atoms with van der Waals surface area (Å²) in [7, 11) is -1.76. The van der Waals surface area contributed by atoms with Gasteiger partial charge in [0, 0.05) is 30.7 Å². The van der Waals surface area contributed by atoms with Gasteiger partial charge in [0.2, 0.25) is 5.91 Å². The molecule has 2 amide bonds. The third kappa shape index (κ3) is 6.97. The second kappa shape index (κ2) is 11.7. The summed E-state index contributed by atoms with van der Waals surface area (Å²) in [6.45, 7) is 0. The Balaban J connectivity index is 1.71. The number of carbonyl (C=O) groups excluding carboxylic acids is 2. The first-order valence-electron chi connectivity index (χ1n) is 10.2. The largest absolute Gasteiger partial charge is 0.475 e. The Hall–Kier alpha value is -3.63. The molecular weight excluding hydrogens is 409 g/mol. The van der Waals surface area contributed by atoms with Crippen LogP contribution in [0.5, 0.6) is 0 Å². The van der Waals surface area contributed by atoms with E-state index in [1.165, 1.54) is 18.6 Å². The molecule has 3 rings (SSSR count). The Morgan fingerprint density at radius 1 is 0.938 bits per heavy atom. The monoisotopic (exact) mass is 433 g/mol. The number of aryl methyl sites for hydroxylation is 1. The zero-order chi connectivity index (χ0) is 22.8. The van der Waals surface area contributed by atoms with Crippen molar-refractivity contribution in [3.8, 4) is 0 Å². The summed E-state index contributed by atoms with van der Waals surface area (Å²) in [6.07, 6.45) is 6.67. The summed E-state index contributed by atoms with van der Waals surface area (Å²) in [5, 5.41) is 24.9. The van der Waals surface area contributed by atoms with Gasteiger partial charge in [-0.05, 0) is 30.5 Å². The minimum absolute atomic E-state index is 0.0640. The number of benzene rings is 1. The molecule has 0 bridgehead atoms. The lowest BCUT2D eigenvalue weighted by molar-refractivity contribution is -0.123. The fourth-order valence-electron chi connectivity index (χ4n) is 3.13. The second-order valence-corrected chi connectivity index (χ2v) is 7.19. The highest BCUT2D eigenvalue weighted by atomic mass is 16.4. The molecule has 0 saturated heterocycles. The first-order chi connectivity index (χ1) is 15.5. The Morgan fingerprint density at radius 2 is 1.72 bits per heavy atom. The minimum atomic E-state index is -1.76. The van der Waals surface area contributed by atoms with Crippen molar-refractivity contribution < 1.29 is 19.6 Å². The summed E-state index contributed by atoms with van der Waals surface area (Å²) < 4.78 is 0. The van der Waals surface area contributed by atoms with E-state index in [2.05, 4.69) is 25.6 Å². The van der Waals surface area contributed by atoms with Gasteiger partial charge in [-0.1, -0.05) is 36.4 Å². The average molecular weight is 433 g/mol. The molecule has 2 atom stereocenters. The highest BCUT2D eigenvalue weighted by Crippen LogP contribution is 2.08. The van der Waals surface area contributed by atoms with Crippen LogP contribution >= 0.6 is 0 Å². The van der Waals surface area contributed by atoms with E-state index in [-0.39, 0.29) is 12.1 Å². The highest BCUT2D eigenvalue weighted by Gasteiger charge is 2.30. The number of nitrogens with one attached hydrogen (secondary N) is 2. The Kier molecular flexibility index (Phi) is 8.41. The molecule has 0 spiro atoms. The molecule has 32 heavy (non-hydrogen) atoms. The topological polar surface area (TPSA) is 137 Å². The van der Waals surface area contributed by atoms with Crippen molar-refractivity contribution in [1.82, 2.24) is 25.6 Å². The molecule has 9 nitrogen and oxygen atoms in total. The SMILES string of the molecule is O=C(N[C@@H](Cc1ccccn1)C(=O)N[C@@H](CCc1ccccc1)B(O)O)c1cnccn1. The average Bonchev–Trinajstić information content (AvgIpc) is 2.82. The number of pyridine rings is 1. The van der Waals surface area contributed by atoms with E-state index in [0.717, 1.165) is 5.56 Å². The van der Waals surface area contributed by atoms with Crippen molar-refractivity contribution in [2.45, 2.75) is 31.2 Å². The first kappa shape index (κ1) is 23.0. The Bertz CT molecular complexity index is 993. The molecule has 0 radical (unpaired) electrons. The first-order valence-corrected chi connectivity index (χ1v) is 10.2. The zero-order valence-electron chi connectivity index (χ0n) is 17.3. The van der Waals surface area contributed by atoms with E-state index >= 15 is 0 Å². The van der Waals surface area contributed by atoms with Crippen molar-refractivity contribution in [2.24, 2.45) is 0 Å². The molecule has 164 valence electrons. The quantitative estimate of drug-likeness (QED) is 0.339. The fraction of sp³-hybridized carbons (Fsp3) is 0.227. The zero-order valence-corrected chi connectivity index (χ0v) is 17.3. The molecule has 2 aromatic heterocycles. The van der Waals surface area contributed by atoms with Crippen LogP contribution in [0, 0.1) is 0 Å². The number of carbonyl (C=O) groups is 2. The van der Waals surface area contributed by atoms with Crippen molar-refractivity contribution in [3.05, 3.63) is 90.3 Å². The Morgan fingerprint density at radius 3 is 2.38 bits per heavy atom. The van der Waals surface area contributed by atoms with Crippen LogP contribution in [-0.2, 0) is 17.6 Å². The number of amides is 2. The summed E-state index contributed by atoms with van der Waals surface area (Å²) in [5.41, 5.74) is 1.67. The molecule has 10 heteroatoms. The van der Waals surface area contributed by atoms with E-state index in [1.807, 2.05) is 30.3 Å². The molecule has 1 aromatic carbocycles. The van der Waals surface area contributed by atoms with Crippen LogP contribution in [0.25, 0.3) is 0 Å². The standard InChI is InChI=1S/C22H24BN5O4/c29-21(28-20(23(31)32)10-9-16-6-2-1-3-7-16)18(14-17-8-4-5-11-25-17)27-22(30)19-15-24-12-13-26-19/h1-8,11-13,15,18,20,31-32H,9-10,14H2,(H,27,30)(H,28,29)/t18-,20-/m0/s1. The van der Waals surface area contributed by atoms with Gasteiger partial charge in [0.15, 0.2) is 0 Å². The van der Waals surface area contributed by atoms with E-state index in [9.17, 15) is 19.6 Å². The molecular formula is C22H24BN5O4. The molecule has 2 heterocycles. The van der Waals surface area contributed by atoms with Gasteiger partial charge in [-0.15, -0.1) is 0 Å². The van der Waals surface area contributed by atoms with Crippen LogP contribution in [-0.4, -0.2) is 55.9 Å². The fourth-order valence-corrected chi connectivity index (χ4v) is 3.13. The summed E-state index contributed by atoms with van der Waals surface area (Å²) in [5.74, 6) is -2.04. The van der Waals surface area contributed by atoms with Gasteiger partial charge in [-0.3, -0.25) is 19.6 Å². The van der Waals surface area contributed by atoms with E-state index < -0.39 is 30.9 Å². The van der Waals surface area contributed by atoms with Gasteiger partial charge >= 0.3 is 7.12 Å². The van der Waals surface area contributed by atoms with Crippen LogP contribution in [0.1, 0.15) is 28.2 Å². The maximum absolute atomic E-state index is 13.0. The van der Waals surface area contributed by atoms with Crippen molar-refractivity contribution in [2.75, 3.05) is 0 Å². The van der Waals surface area contributed by atoms with Gasteiger partial charge in [0.1, 0.15) is 11.7 Å². The third-order valence-corrected chi connectivity index (χ3v) is 4.83. The maximum Gasteiger partial charge on any atom is 0.475 e. The van der Waals surface area contributed by atoms with E-state index in [1.54, 1.807) is 24.4 Å². The van der Waals surface area contributed by atoms with Crippen LogP contribution in [0.4, 0.5) is 0 Å². The number of nitrogens with zero attached hydrogens (tertiary/aromatic N) is 3. The number of rotatable bonds is 10. The molecule has 0 aliphatic carbocycles. The van der Waals surface area contributed by atoms with Crippen LogP contribution in [0.15, 0.2) is 73.3 Å². The van der Waals surface area contributed by atoms with Gasteiger partial charge in [-0.25, -0.2) is 4.98 Å². The lowest BCUT2D eigenvalue weighted by Gasteiger charge is -2.23. The predicted octanol–water partition coefficient (Wildman–Crippen LogP) is 0.342. The smallest absolute Gasteiger partial charge is 0.426 e. The van der Waals surface area contributed by atoms with E-state index in [4.69, 9.17) is 0 Å². The van der Waals surface area contributed by atoms with Crippen molar-refractivity contribution >= 4 is 18.9 Å². The Labute approximate surface area is 186 Å². The molecule has 3 aromatic rings. The van der Waals surface area contributed by atoms with Gasteiger partial charge in [0.25, 0.3) is 5.91 Å². The third-order valence-electron chi connectivity index (χ3n) is 4.83. The molecule has 0 fully saturated rings.